The van der Waals surface area contributed by atoms with Crippen molar-refractivity contribution in [3.63, 3.8) is 0 Å². The molecule has 7 nitrogen and oxygen atoms in total. The molecule has 0 aliphatic rings. The number of aromatic amines is 2. The lowest BCUT2D eigenvalue weighted by atomic mass is 10.0. The smallest absolute Gasteiger partial charge is 0.315 e. The van der Waals surface area contributed by atoms with E-state index in [0.29, 0.717) is 22.2 Å². The molecule has 0 spiro atoms. The quantitative estimate of drug-likeness (QED) is 0.352. The number of fused-ring (bicyclic) bond motifs is 2. The third-order valence-electron chi connectivity index (χ3n) is 4.64. The highest BCUT2D eigenvalue weighted by Crippen LogP contribution is 2.32. The summed E-state index contributed by atoms with van der Waals surface area (Å²) in [5, 5.41) is 4.39. The summed E-state index contributed by atoms with van der Waals surface area (Å²) in [6.45, 7) is 0. The first-order valence-electron chi connectivity index (χ1n) is 8.76. The number of aromatic nitrogens is 2. The molecular weight excluding hydrogens is 394 g/mol. The molecule has 146 valence electrons. The molecule has 4 rings (SSSR count). The Kier molecular flexibility index (Phi) is 4.82. The van der Waals surface area contributed by atoms with Crippen molar-refractivity contribution in [2.24, 2.45) is 0 Å². The number of halogens is 1. The van der Waals surface area contributed by atoms with E-state index in [1.807, 2.05) is 24.3 Å². The SMILES string of the molecule is COC(=O)CC(=O)Nc1ccc2cc(-c3c[nH]c4ccccc34)c(=O)[nH]c2c1Cl. The minimum Gasteiger partial charge on any atom is -0.469 e. The first kappa shape index (κ1) is 18.8. The number of rotatable bonds is 4. The zero-order valence-corrected chi connectivity index (χ0v) is 16.1. The number of amides is 1. The zero-order valence-electron chi connectivity index (χ0n) is 15.3. The highest BCUT2D eigenvalue weighted by Gasteiger charge is 2.16. The monoisotopic (exact) mass is 409 g/mol. The number of H-pyrrole nitrogens is 2. The molecule has 0 aliphatic carbocycles. The molecule has 0 unspecified atom stereocenters. The largest absolute Gasteiger partial charge is 0.469 e. The number of esters is 1. The lowest BCUT2D eigenvalue weighted by Crippen LogP contribution is -2.17. The van der Waals surface area contributed by atoms with Crippen LogP contribution in [0.25, 0.3) is 32.9 Å². The van der Waals surface area contributed by atoms with Crippen LogP contribution >= 0.6 is 11.6 Å². The van der Waals surface area contributed by atoms with Gasteiger partial charge >= 0.3 is 5.97 Å². The Labute approximate surface area is 169 Å². The average Bonchev–Trinajstić information content (AvgIpc) is 3.14. The summed E-state index contributed by atoms with van der Waals surface area (Å²) in [7, 11) is 1.20. The minimum atomic E-state index is -0.656. The number of hydrogen-bond donors (Lipinski definition) is 3. The van der Waals surface area contributed by atoms with Gasteiger partial charge in [0.2, 0.25) is 5.91 Å². The van der Waals surface area contributed by atoms with E-state index < -0.39 is 18.3 Å². The predicted octanol–water partition coefficient (Wildman–Crippen LogP) is 3.83. The summed E-state index contributed by atoms with van der Waals surface area (Å²) < 4.78 is 4.47. The van der Waals surface area contributed by atoms with Crippen LogP contribution in [-0.2, 0) is 14.3 Å². The fourth-order valence-electron chi connectivity index (χ4n) is 3.23. The van der Waals surface area contributed by atoms with Gasteiger partial charge < -0.3 is 20.0 Å². The van der Waals surface area contributed by atoms with Gasteiger partial charge in [-0.2, -0.15) is 0 Å². The molecular formula is C21H16ClN3O4. The van der Waals surface area contributed by atoms with Gasteiger partial charge in [0.1, 0.15) is 6.42 Å². The highest BCUT2D eigenvalue weighted by molar-refractivity contribution is 6.38. The first-order chi connectivity index (χ1) is 14.0. The van der Waals surface area contributed by atoms with Gasteiger partial charge in [-0.3, -0.25) is 14.4 Å². The Morgan fingerprint density at radius 2 is 1.93 bits per heavy atom. The van der Waals surface area contributed by atoms with E-state index in [1.54, 1.807) is 24.4 Å². The fourth-order valence-corrected chi connectivity index (χ4v) is 3.50. The summed E-state index contributed by atoms with van der Waals surface area (Å²) >= 11 is 6.39. The Bertz CT molecular complexity index is 1320. The summed E-state index contributed by atoms with van der Waals surface area (Å²) in [4.78, 5) is 41.9. The Balaban J connectivity index is 1.75. The molecule has 2 aromatic carbocycles. The lowest BCUT2D eigenvalue weighted by Gasteiger charge is -2.10. The normalized spacial score (nSPS) is 11.0. The Hall–Kier alpha value is -3.58. The van der Waals surface area contributed by atoms with Gasteiger partial charge in [-0.05, 0) is 18.2 Å². The van der Waals surface area contributed by atoms with Crippen LogP contribution in [0.3, 0.4) is 0 Å². The van der Waals surface area contributed by atoms with Crippen LogP contribution < -0.4 is 10.9 Å². The second-order valence-corrected chi connectivity index (χ2v) is 6.83. The van der Waals surface area contributed by atoms with Crippen LogP contribution in [0.2, 0.25) is 5.02 Å². The van der Waals surface area contributed by atoms with Gasteiger partial charge in [0, 0.05) is 33.6 Å². The van der Waals surface area contributed by atoms with Crippen molar-refractivity contribution in [3.05, 3.63) is 64.0 Å². The molecule has 1 amide bonds. The van der Waals surface area contributed by atoms with Crippen molar-refractivity contribution < 1.29 is 14.3 Å². The van der Waals surface area contributed by atoms with E-state index in [9.17, 15) is 14.4 Å². The number of para-hydroxylation sites is 1. The number of ether oxygens (including phenoxy) is 1. The van der Waals surface area contributed by atoms with Crippen molar-refractivity contribution in [1.29, 1.82) is 0 Å². The molecule has 0 saturated carbocycles. The number of carbonyl (C=O) groups is 2. The molecule has 0 bridgehead atoms. The predicted molar refractivity (Wildman–Crippen MR) is 112 cm³/mol. The first-order valence-corrected chi connectivity index (χ1v) is 9.14. The number of benzene rings is 2. The van der Waals surface area contributed by atoms with E-state index in [2.05, 4.69) is 20.0 Å². The number of pyridine rings is 1. The molecule has 4 aromatic rings. The van der Waals surface area contributed by atoms with Crippen molar-refractivity contribution in [2.75, 3.05) is 12.4 Å². The summed E-state index contributed by atoms with van der Waals surface area (Å²) in [5.41, 5.74) is 2.62. The number of nitrogens with one attached hydrogen (secondary N) is 3. The molecule has 29 heavy (non-hydrogen) atoms. The maximum atomic E-state index is 12.8. The molecule has 0 saturated heterocycles. The van der Waals surface area contributed by atoms with Crippen molar-refractivity contribution in [3.8, 4) is 11.1 Å². The van der Waals surface area contributed by atoms with Crippen LogP contribution in [0, 0.1) is 0 Å². The van der Waals surface area contributed by atoms with E-state index in [1.165, 1.54) is 7.11 Å². The number of methoxy groups -OCH3 is 1. The van der Waals surface area contributed by atoms with Gasteiger partial charge in [-0.1, -0.05) is 35.9 Å². The molecule has 0 atom stereocenters. The molecule has 3 N–H and O–H groups in total. The third kappa shape index (κ3) is 3.48. The van der Waals surface area contributed by atoms with E-state index >= 15 is 0 Å². The topological polar surface area (TPSA) is 104 Å². The fraction of sp³-hybridized carbons (Fsp3) is 0.0952. The lowest BCUT2D eigenvalue weighted by molar-refractivity contribution is -0.142. The van der Waals surface area contributed by atoms with Crippen LogP contribution in [0.5, 0.6) is 0 Å². The highest BCUT2D eigenvalue weighted by atomic mass is 35.5. The second-order valence-electron chi connectivity index (χ2n) is 6.45. The summed E-state index contributed by atoms with van der Waals surface area (Å²) in [6.07, 6.45) is 1.37. The van der Waals surface area contributed by atoms with Gasteiger partial charge in [-0.15, -0.1) is 0 Å². The van der Waals surface area contributed by atoms with Crippen molar-refractivity contribution in [2.45, 2.75) is 6.42 Å². The average molecular weight is 410 g/mol. The van der Waals surface area contributed by atoms with Crippen molar-refractivity contribution in [1.82, 2.24) is 9.97 Å². The van der Waals surface area contributed by atoms with Gasteiger partial charge in [-0.25, -0.2) is 0 Å². The molecule has 0 fully saturated rings. The maximum Gasteiger partial charge on any atom is 0.315 e. The molecule has 8 heteroatoms. The second kappa shape index (κ2) is 7.44. The van der Waals surface area contributed by atoms with Gasteiger partial charge in [0.25, 0.3) is 5.56 Å². The van der Waals surface area contributed by atoms with Gasteiger partial charge in [0.05, 0.1) is 23.3 Å². The molecule has 0 aliphatic heterocycles. The number of anilines is 1. The van der Waals surface area contributed by atoms with Crippen LogP contribution in [0.4, 0.5) is 5.69 Å². The zero-order chi connectivity index (χ0) is 20.5. The maximum absolute atomic E-state index is 12.8. The third-order valence-corrected chi connectivity index (χ3v) is 5.04. The standard InChI is InChI=1S/C21H16ClN3O4/c1-29-18(27)9-17(26)24-16-7-6-11-8-13(21(28)25-20(11)19(16)22)14-10-23-15-5-3-2-4-12(14)15/h2-8,10,23H,9H2,1H3,(H,24,26)(H,25,28). The van der Waals surface area contributed by atoms with Crippen LogP contribution in [-0.4, -0.2) is 29.0 Å². The number of hydrogen-bond acceptors (Lipinski definition) is 4. The van der Waals surface area contributed by atoms with Crippen molar-refractivity contribution >= 4 is 51.0 Å². The molecule has 2 aromatic heterocycles. The Morgan fingerprint density at radius 1 is 1.14 bits per heavy atom. The van der Waals surface area contributed by atoms with Crippen LogP contribution in [0.1, 0.15) is 6.42 Å². The van der Waals surface area contributed by atoms with E-state index in [0.717, 1.165) is 16.5 Å². The van der Waals surface area contributed by atoms with Gasteiger partial charge in [0.15, 0.2) is 0 Å². The summed E-state index contributed by atoms with van der Waals surface area (Å²) in [5.74, 6) is -1.22. The minimum absolute atomic E-state index is 0.184. The van der Waals surface area contributed by atoms with Crippen LogP contribution in [0.15, 0.2) is 53.5 Å². The number of carbonyl (C=O) groups excluding carboxylic acids is 2. The molecule has 0 radical (unpaired) electrons. The molecule has 2 heterocycles. The van der Waals surface area contributed by atoms with E-state index in [-0.39, 0.29) is 10.6 Å². The Morgan fingerprint density at radius 3 is 2.72 bits per heavy atom. The summed E-state index contributed by atoms with van der Waals surface area (Å²) in [6, 6.07) is 12.8. The van der Waals surface area contributed by atoms with E-state index in [4.69, 9.17) is 11.6 Å².